The predicted octanol–water partition coefficient (Wildman–Crippen LogP) is 3.43. The molecule has 1 amide bonds. The first-order valence-electron chi connectivity index (χ1n) is 10.4. The number of nitro benzene ring substituents is 1. The number of rotatable bonds is 6. The molecule has 2 aliphatic rings. The van der Waals surface area contributed by atoms with Crippen molar-refractivity contribution in [2.75, 3.05) is 43.1 Å². The molecule has 9 heteroatoms. The molecule has 1 saturated heterocycles. The normalized spacial score (nSPS) is 19.6. The molecule has 2 aliphatic heterocycles. The molecule has 2 aromatic rings. The summed E-state index contributed by atoms with van der Waals surface area (Å²) in [5.41, 5.74) is 2.70. The first kappa shape index (κ1) is 22.0. The topological polar surface area (TPSA) is 87.9 Å². The summed E-state index contributed by atoms with van der Waals surface area (Å²) in [7, 11) is 1.62. The van der Waals surface area contributed by atoms with Crippen LogP contribution in [0.15, 0.2) is 49.1 Å². The fourth-order valence-electron chi connectivity index (χ4n) is 4.66. The van der Waals surface area contributed by atoms with Gasteiger partial charge in [0.2, 0.25) is 5.91 Å². The van der Waals surface area contributed by atoms with Gasteiger partial charge in [0.1, 0.15) is 5.75 Å². The summed E-state index contributed by atoms with van der Waals surface area (Å²) in [6.07, 6.45) is 2.07. The number of carbonyl (C=O) groups excluding carboxylic acids is 1. The van der Waals surface area contributed by atoms with E-state index in [1.165, 1.54) is 6.07 Å². The van der Waals surface area contributed by atoms with Crippen LogP contribution in [-0.2, 0) is 11.2 Å². The van der Waals surface area contributed by atoms with Gasteiger partial charge in [0.05, 0.1) is 29.7 Å². The molecule has 8 nitrogen and oxygen atoms in total. The van der Waals surface area contributed by atoms with Crippen LogP contribution in [0.5, 0.6) is 5.75 Å². The molecule has 0 saturated carbocycles. The number of halogens is 1. The Morgan fingerprint density at radius 1 is 1.31 bits per heavy atom. The molecule has 0 bridgehead atoms. The van der Waals surface area contributed by atoms with Crippen LogP contribution in [0.25, 0.3) is 0 Å². The molecule has 4 rings (SSSR count). The SMILES string of the molecule is C=CCNC(=O)C1Cc2cc([N+](=O)[O-])ccc2N2CCN(c3cc(Cl)ccc3OC)CC12. The van der Waals surface area contributed by atoms with Crippen LogP contribution in [0.1, 0.15) is 5.56 Å². The smallest absolute Gasteiger partial charge is 0.269 e. The number of piperazine rings is 1. The van der Waals surface area contributed by atoms with Crippen LogP contribution in [0.3, 0.4) is 0 Å². The lowest BCUT2D eigenvalue weighted by atomic mass is 9.83. The van der Waals surface area contributed by atoms with Crippen LogP contribution >= 0.6 is 11.6 Å². The van der Waals surface area contributed by atoms with E-state index in [0.29, 0.717) is 37.6 Å². The van der Waals surface area contributed by atoms with Crippen molar-refractivity contribution in [3.63, 3.8) is 0 Å². The standard InChI is InChI=1S/C23H25ClN4O4/c1-3-8-25-23(29)18-12-15-11-17(28(30)31)5-6-19(15)27-10-9-26(14-21(18)27)20-13-16(24)4-7-22(20)32-2/h3-7,11,13,18,21H,1,8-10,12,14H2,2H3,(H,25,29). The van der Waals surface area contributed by atoms with E-state index in [4.69, 9.17) is 16.3 Å². The molecular formula is C23H25ClN4O4. The average molecular weight is 457 g/mol. The first-order valence-corrected chi connectivity index (χ1v) is 10.8. The van der Waals surface area contributed by atoms with E-state index in [0.717, 1.165) is 22.7 Å². The summed E-state index contributed by atoms with van der Waals surface area (Å²) in [5.74, 6) is 0.275. The van der Waals surface area contributed by atoms with Gasteiger partial charge in [0.25, 0.3) is 5.69 Å². The molecule has 2 unspecified atom stereocenters. The molecular weight excluding hydrogens is 432 g/mol. The van der Waals surface area contributed by atoms with Gasteiger partial charge >= 0.3 is 0 Å². The van der Waals surface area contributed by atoms with Crippen LogP contribution in [-0.4, -0.2) is 50.2 Å². The zero-order valence-corrected chi connectivity index (χ0v) is 18.5. The largest absolute Gasteiger partial charge is 0.495 e. The lowest BCUT2D eigenvalue weighted by molar-refractivity contribution is -0.384. The second kappa shape index (κ2) is 9.08. The fourth-order valence-corrected chi connectivity index (χ4v) is 4.82. The second-order valence-corrected chi connectivity index (χ2v) is 8.37. The third-order valence-corrected chi connectivity index (χ3v) is 6.38. The van der Waals surface area contributed by atoms with E-state index in [1.54, 1.807) is 31.4 Å². The number of carbonyl (C=O) groups is 1. The minimum absolute atomic E-state index is 0.0368. The maximum absolute atomic E-state index is 13.1. The quantitative estimate of drug-likeness (QED) is 0.407. The maximum Gasteiger partial charge on any atom is 0.269 e. The molecule has 1 N–H and O–H groups in total. The molecule has 2 aromatic carbocycles. The number of nitrogens with one attached hydrogen (secondary N) is 1. The second-order valence-electron chi connectivity index (χ2n) is 7.94. The van der Waals surface area contributed by atoms with Crippen LogP contribution in [0.2, 0.25) is 5.02 Å². The van der Waals surface area contributed by atoms with E-state index in [1.807, 2.05) is 12.1 Å². The monoisotopic (exact) mass is 456 g/mol. The van der Waals surface area contributed by atoms with Gasteiger partial charge in [-0.25, -0.2) is 0 Å². The molecule has 168 valence electrons. The Labute approximate surface area is 191 Å². The Bertz CT molecular complexity index is 1060. The molecule has 32 heavy (non-hydrogen) atoms. The van der Waals surface area contributed by atoms with Gasteiger partial charge in [-0.05, 0) is 36.2 Å². The van der Waals surface area contributed by atoms with Gasteiger partial charge in [-0.2, -0.15) is 0 Å². The summed E-state index contributed by atoms with van der Waals surface area (Å²) in [4.78, 5) is 28.4. The van der Waals surface area contributed by atoms with Crippen molar-refractivity contribution in [2.45, 2.75) is 12.5 Å². The number of hydrogen-bond acceptors (Lipinski definition) is 6. The molecule has 0 radical (unpaired) electrons. The highest BCUT2D eigenvalue weighted by Gasteiger charge is 2.42. The van der Waals surface area contributed by atoms with Crippen LogP contribution < -0.4 is 19.9 Å². The average Bonchev–Trinajstić information content (AvgIpc) is 2.81. The highest BCUT2D eigenvalue weighted by Crippen LogP contribution is 2.40. The number of non-ortho nitro benzene ring substituents is 1. The number of ether oxygens (including phenoxy) is 1. The number of anilines is 2. The van der Waals surface area contributed by atoms with Gasteiger partial charge in [-0.3, -0.25) is 14.9 Å². The van der Waals surface area contributed by atoms with E-state index in [-0.39, 0.29) is 23.6 Å². The number of nitro groups is 1. The number of amides is 1. The fraction of sp³-hybridized carbons (Fsp3) is 0.348. The highest BCUT2D eigenvalue weighted by molar-refractivity contribution is 6.31. The minimum atomic E-state index is -0.400. The van der Waals surface area contributed by atoms with Crippen LogP contribution in [0.4, 0.5) is 17.1 Å². The van der Waals surface area contributed by atoms with Crippen molar-refractivity contribution in [1.82, 2.24) is 5.32 Å². The van der Waals surface area contributed by atoms with Crippen molar-refractivity contribution in [3.8, 4) is 5.75 Å². The van der Waals surface area contributed by atoms with Gasteiger partial charge in [-0.15, -0.1) is 6.58 Å². The van der Waals surface area contributed by atoms with Crippen molar-refractivity contribution >= 4 is 34.6 Å². The molecule has 0 aromatic heterocycles. The summed E-state index contributed by atoms with van der Waals surface area (Å²) >= 11 is 6.25. The summed E-state index contributed by atoms with van der Waals surface area (Å²) in [5, 5.41) is 14.8. The van der Waals surface area contributed by atoms with Crippen molar-refractivity contribution < 1.29 is 14.5 Å². The Morgan fingerprint density at radius 3 is 2.84 bits per heavy atom. The minimum Gasteiger partial charge on any atom is -0.495 e. The van der Waals surface area contributed by atoms with Crippen molar-refractivity contribution in [2.24, 2.45) is 5.92 Å². The lowest BCUT2D eigenvalue weighted by Crippen LogP contribution is -2.61. The number of methoxy groups -OCH3 is 1. The van der Waals surface area contributed by atoms with Gasteiger partial charge in [-0.1, -0.05) is 17.7 Å². The molecule has 0 aliphatic carbocycles. The first-order chi connectivity index (χ1) is 15.4. The van der Waals surface area contributed by atoms with Crippen LogP contribution in [0, 0.1) is 16.0 Å². The Morgan fingerprint density at radius 2 is 2.12 bits per heavy atom. The molecule has 2 atom stereocenters. The van der Waals surface area contributed by atoms with Gasteiger partial charge in [0.15, 0.2) is 0 Å². The molecule has 1 fully saturated rings. The Hall–Kier alpha value is -3.26. The molecule has 2 heterocycles. The third kappa shape index (κ3) is 4.10. The number of benzene rings is 2. The summed E-state index contributed by atoms with van der Waals surface area (Å²) < 4.78 is 5.54. The van der Waals surface area contributed by atoms with Crippen molar-refractivity contribution in [3.05, 3.63) is 69.8 Å². The van der Waals surface area contributed by atoms with Crippen molar-refractivity contribution in [1.29, 1.82) is 0 Å². The third-order valence-electron chi connectivity index (χ3n) is 6.15. The highest BCUT2D eigenvalue weighted by atomic mass is 35.5. The number of hydrogen-bond donors (Lipinski definition) is 1. The Balaban J connectivity index is 1.70. The maximum atomic E-state index is 13.1. The number of fused-ring (bicyclic) bond motifs is 3. The number of nitrogens with zero attached hydrogens (tertiary/aromatic N) is 3. The van der Waals surface area contributed by atoms with E-state index in [9.17, 15) is 14.9 Å². The zero-order valence-electron chi connectivity index (χ0n) is 17.8. The lowest BCUT2D eigenvalue weighted by Gasteiger charge is -2.49. The zero-order chi connectivity index (χ0) is 22.8. The molecule has 0 spiro atoms. The van der Waals surface area contributed by atoms with Gasteiger partial charge < -0.3 is 19.9 Å². The summed E-state index contributed by atoms with van der Waals surface area (Å²) in [6.45, 7) is 6.00. The Kier molecular flexibility index (Phi) is 6.23. The predicted molar refractivity (Wildman–Crippen MR) is 125 cm³/mol. The van der Waals surface area contributed by atoms with E-state index < -0.39 is 4.92 Å². The summed E-state index contributed by atoms with van der Waals surface area (Å²) in [6, 6.07) is 10.3. The van der Waals surface area contributed by atoms with E-state index >= 15 is 0 Å². The van der Waals surface area contributed by atoms with E-state index in [2.05, 4.69) is 21.7 Å². The van der Waals surface area contributed by atoms with Gasteiger partial charge in [0, 0.05) is 49.0 Å².